The molecule has 0 aromatic rings. The Labute approximate surface area is 453 Å². The largest absolute Gasteiger partial charge is 0.432 e. The minimum absolute atomic E-state index is 0.0850. The van der Waals surface area contributed by atoms with Gasteiger partial charge < -0.3 is 134 Å². The van der Waals surface area contributed by atoms with E-state index in [1.807, 2.05) is 0 Å². The van der Waals surface area contributed by atoms with Gasteiger partial charge in [0.1, 0.15) is 122 Å². The molecule has 0 aromatic heterocycles. The maximum atomic E-state index is 14.9. The highest BCUT2D eigenvalue weighted by Gasteiger charge is 2.70. The number of carbonyl (C=O) groups is 1. The van der Waals surface area contributed by atoms with Crippen LogP contribution in [0.4, 0.5) is 0 Å². The minimum atomic E-state index is -1.95. The first kappa shape index (κ1) is 61.5. The SMILES string of the molecule is C=C=C1C[C@@]23CCC4[C@](C)(C(=O)OC5OC(CO)C(O)C(O)C5OC5OC(CO)C(O)C(O)C5O)CCC[C@@]4(C)[C@@H]2CC[C@]1(OC1OC(COC2OC(CO)C(O)C(O)C2O)C(O)C(O)C1OC1OC(CO)C(O)C(O)C1O)C3. The van der Waals surface area contributed by atoms with Crippen LogP contribution < -0.4 is 0 Å². The summed E-state index contributed by atoms with van der Waals surface area (Å²) in [6, 6.07) is 0. The molecule has 0 amide bonds. The van der Waals surface area contributed by atoms with E-state index in [9.17, 15) is 91.6 Å². The maximum Gasteiger partial charge on any atom is 0.314 e. The Kier molecular flexibility index (Phi) is 18.5. The van der Waals surface area contributed by atoms with E-state index in [-0.39, 0.29) is 18.3 Å². The van der Waals surface area contributed by atoms with E-state index in [0.29, 0.717) is 56.9 Å². The predicted molar refractivity (Wildman–Crippen MR) is 255 cm³/mol. The van der Waals surface area contributed by atoms with Crippen molar-refractivity contribution in [3.8, 4) is 0 Å². The van der Waals surface area contributed by atoms with Crippen molar-refractivity contribution in [3.05, 3.63) is 17.9 Å². The number of carbonyl (C=O) groups excluding carboxylic acids is 1. The van der Waals surface area contributed by atoms with E-state index >= 15 is 0 Å². The Hall–Kier alpha value is -2.05. The highest BCUT2D eigenvalue weighted by atomic mass is 16.8. The van der Waals surface area contributed by atoms with Gasteiger partial charge in [-0.25, -0.2) is 0 Å². The van der Waals surface area contributed by atoms with Crippen molar-refractivity contribution in [2.45, 2.75) is 231 Å². The van der Waals surface area contributed by atoms with Gasteiger partial charge in [-0.2, -0.15) is 0 Å². The van der Waals surface area contributed by atoms with Crippen molar-refractivity contribution in [3.63, 3.8) is 0 Å². The Balaban J connectivity index is 0.957. The molecule has 5 saturated heterocycles. The summed E-state index contributed by atoms with van der Waals surface area (Å²) < 4.78 is 59.6. The standard InChI is InChI=1S/C51H80O28/c1-4-19-12-50-10-6-25-48(2,8-5-9-49(25,3)47(69)78-45-40(35(64)30(59)23(16-55)74-45)76-43-38(67)33(62)28(57)21(14-53)72-43)26(50)7-11-51(19,18-50)79-46-41(77-44-39(68)34(63)29(58)22(15-54)73-44)36(65)31(60)24(75-46)17-70-42-37(66)32(61)27(56)20(13-52)71-42/h20-46,52-68H,1,5-18H2,2-3H3/t20?,21?,22?,23?,24?,25?,26-,27?,28?,29?,30?,31?,32?,33?,34?,35?,36?,37?,38?,39?,40?,41?,42?,43?,44?,45?,46?,48+,49+,50+,51-/m0/s1. The number of rotatable bonds is 15. The number of esters is 1. The monoisotopic (exact) mass is 1140 g/mol. The number of aliphatic hydroxyl groups is 17. The first-order valence-corrected chi connectivity index (χ1v) is 27.1. The zero-order valence-electron chi connectivity index (χ0n) is 43.8. The molecule has 452 valence electrons. The molecule has 5 aliphatic heterocycles. The van der Waals surface area contributed by atoms with Crippen LogP contribution in [0, 0.1) is 28.1 Å². The van der Waals surface area contributed by atoms with Gasteiger partial charge in [-0.05, 0) is 81.0 Å². The molecule has 9 fully saturated rings. The first-order valence-electron chi connectivity index (χ1n) is 27.1. The summed E-state index contributed by atoms with van der Waals surface area (Å²) in [4.78, 5) is 14.9. The molecule has 4 aliphatic carbocycles. The number of fused-ring (bicyclic) bond motifs is 3. The average Bonchev–Trinajstić information content (AvgIpc) is 3.33. The molecule has 79 heavy (non-hydrogen) atoms. The highest BCUT2D eigenvalue weighted by molar-refractivity contribution is 5.77. The molecule has 17 N–H and O–H groups in total. The van der Waals surface area contributed by atoms with Gasteiger partial charge in [-0.1, -0.05) is 19.9 Å². The van der Waals surface area contributed by atoms with E-state index in [1.165, 1.54) is 0 Å². The van der Waals surface area contributed by atoms with Gasteiger partial charge in [0, 0.05) is 5.57 Å². The predicted octanol–water partition coefficient (Wildman–Crippen LogP) is -7.13. The van der Waals surface area contributed by atoms with E-state index in [1.54, 1.807) is 6.92 Å². The summed E-state index contributed by atoms with van der Waals surface area (Å²) in [6.45, 7) is 4.12. The van der Waals surface area contributed by atoms with Gasteiger partial charge >= 0.3 is 5.97 Å². The van der Waals surface area contributed by atoms with Gasteiger partial charge in [0.2, 0.25) is 6.29 Å². The molecule has 0 radical (unpaired) electrons. The number of aliphatic hydroxyl groups excluding tert-OH is 17. The van der Waals surface area contributed by atoms with Crippen LogP contribution >= 0.6 is 0 Å². The zero-order chi connectivity index (χ0) is 57.4. The summed E-state index contributed by atoms with van der Waals surface area (Å²) in [5.41, 5.74) is 0.199. The zero-order valence-corrected chi connectivity index (χ0v) is 43.8. The summed E-state index contributed by atoms with van der Waals surface area (Å²) in [7, 11) is 0. The third-order valence-electron chi connectivity index (χ3n) is 19.3. The second-order valence-corrected chi connectivity index (χ2v) is 23.7. The van der Waals surface area contributed by atoms with Crippen molar-refractivity contribution in [1.29, 1.82) is 0 Å². The molecule has 2 bridgehead atoms. The van der Waals surface area contributed by atoms with Crippen molar-refractivity contribution in [1.82, 2.24) is 0 Å². The molecule has 1 spiro atoms. The maximum absolute atomic E-state index is 14.9. The molecule has 26 unspecified atom stereocenters. The molecule has 0 aromatic carbocycles. The van der Waals surface area contributed by atoms with Crippen LogP contribution in [0.1, 0.15) is 71.6 Å². The lowest BCUT2D eigenvalue weighted by atomic mass is 9.41. The van der Waals surface area contributed by atoms with Crippen molar-refractivity contribution >= 4 is 5.97 Å². The lowest BCUT2D eigenvalue weighted by Crippen LogP contribution is -2.66. The van der Waals surface area contributed by atoms with Crippen LogP contribution in [0.5, 0.6) is 0 Å². The van der Waals surface area contributed by atoms with Crippen LogP contribution in [0.25, 0.3) is 0 Å². The Morgan fingerprint density at radius 3 is 1.49 bits per heavy atom. The summed E-state index contributed by atoms with van der Waals surface area (Å²) in [5.74, 6) is -1.17. The normalized spacial score (nSPS) is 53.9. The van der Waals surface area contributed by atoms with Crippen LogP contribution in [0.15, 0.2) is 17.9 Å². The number of hydrogen-bond donors (Lipinski definition) is 17. The first-order chi connectivity index (χ1) is 37.4. The molecule has 28 heteroatoms. The topological polar surface area (TPSA) is 453 Å². The van der Waals surface area contributed by atoms with E-state index in [4.69, 9.17) is 47.4 Å². The van der Waals surface area contributed by atoms with Gasteiger partial charge in [0.05, 0.1) is 38.4 Å². The Morgan fingerprint density at radius 2 is 0.975 bits per heavy atom. The average molecular weight is 1140 g/mol. The Bertz CT molecular complexity index is 2150. The third kappa shape index (κ3) is 10.7. The lowest BCUT2D eigenvalue weighted by Gasteiger charge is -2.64. The fraction of sp³-hybridized carbons (Fsp3) is 0.922. The molecule has 9 aliphatic rings. The van der Waals surface area contributed by atoms with Gasteiger partial charge in [0.15, 0.2) is 31.3 Å². The Morgan fingerprint density at radius 1 is 0.532 bits per heavy atom. The summed E-state index contributed by atoms with van der Waals surface area (Å²) in [5, 5.41) is 180. The smallest absolute Gasteiger partial charge is 0.314 e. The fourth-order valence-corrected chi connectivity index (χ4v) is 15.0. The van der Waals surface area contributed by atoms with Gasteiger partial charge in [0.25, 0.3) is 0 Å². The molecular weight excluding hydrogens is 1060 g/mol. The van der Waals surface area contributed by atoms with E-state index < -0.39 is 214 Å². The van der Waals surface area contributed by atoms with Crippen LogP contribution in [-0.4, -0.2) is 285 Å². The van der Waals surface area contributed by atoms with Crippen LogP contribution in [0.3, 0.4) is 0 Å². The molecular formula is C51H80O28. The van der Waals surface area contributed by atoms with Crippen molar-refractivity contribution < 1.29 is 139 Å². The lowest BCUT2D eigenvalue weighted by molar-refractivity contribution is -0.382. The molecule has 31 atom stereocenters. The van der Waals surface area contributed by atoms with Crippen LogP contribution in [0.2, 0.25) is 0 Å². The molecule has 9 rings (SSSR count). The van der Waals surface area contributed by atoms with E-state index in [2.05, 4.69) is 19.2 Å². The molecule has 5 heterocycles. The summed E-state index contributed by atoms with van der Waals surface area (Å²) >= 11 is 0. The van der Waals surface area contributed by atoms with Crippen LogP contribution in [-0.2, 0) is 52.2 Å². The highest BCUT2D eigenvalue weighted by Crippen LogP contribution is 2.74. The number of ether oxygens (including phenoxy) is 10. The summed E-state index contributed by atoms with van der Waals surface area (Å²) in [6.07, 6.45) is -39.3. The fourth-order valence-electron chi connectivity index (χ4n) is 15.0. The molecule has 28 nitrogen and oxygen atoms in total. The number of hydrogen-bond acceptors (Lipinski definition) is 28. The third-order valence-corrected chi connectivity index (χ3v) is 19.3. The second-order valence-electron chi connectivity index (χ2n) is 23.7. The quantitative estimate of drug-likeness (QED) is 0.0412. The van der Waals surface area contributed by atoms with Gasteiger partial charge in [-0.15, -0.1) is 5.73 Å². The molecule has 4 saturated carbocycles. The van der Waals surface area contributed by atoms with E-state index in [0.717, 1.165) is 0 Å². The minimum Gasteiger partial charge on any atom is -0.432 e. The second kappa shape index (κ2) is 23.8. The van der Waals surface area contributed by atoms with Crippen molar-refractivity contribution in [2.75, 3.05) is 33.0 Å². The van der Waals surface area contributed by atoms with Gasteiger partial charge in [-0.3, -0.25) is 4.79 Å². The van der Waals surface area contributed by atoms with Crippen molar-refractivity contribution in [2.24, 2.45) is 28.1 Å².